The molecule has 3 aromatic carbocycles. The molecule has 3 aromatic rings. The topological polar surface area (TPSA) is 86.8 Å². The smallest absolute Gasteiger partial charge is 0.264 e. The predicted molar refractivity (Wildman–Crippen MR) is 163 cm³/mol. The molecular formula is C33H41N3O4S. The highest BCUT2D eigenvalue weighted by molar-refractivity contribution is 7.92. The van der Waals surface area contributed by atoms with Gasteiger partial charge >= 0.3 is 0 Å². The number of aryl methyl sites for hydroxylation is 3. The van der Waals surface area contributed by atoms with Crippen LogP contribution < -0.4 is 9.62 Å². The Morgan fingerprint density at radius 1 is 0.902 bits per heavy atom. The molecule has 1 atom stereocenters. The van der Waals surface area contributed by atoms with Crippen LogP contribution in [0.1, 0.15) is 54.9 Å². The minimum Gasteiger partial charge on any atom is -0.352 e. The number of rotatable bonds is 11. The molecule has 0 aliphatic heterocycles. The molecule has 1 saturated carbocycles. The Morgan fingerprint density at radius 3 is 2.20 bits per heavy atom. The van der Waals surface area contributed by atoms with Crippen molar-refractivity contribution in [1.82, 2.24) is 10.2 Å². The Labute approximate surface area is 244 Å². The standard InChI is InChI=1S/C33H41N3O4S/c1-24-15-18-30(19-16-24)41(39,40)36(31-22-25(2)14-17-26(31)3)23-32(37)35(21-20-28-10-6-5-7-11-28)27(4)33(38)34-29-12-8-9-13-29/h5-7,10-11,14-19,22,27,29H,8-9,12-13,20-21,23H2,1-4H3,(H,34,38). The molecule has 218 valence electrons. The van der Waals surface area contributed by atoms with Crippen LogP contribution in [-0.2, 0) is 26.0 Å². The molecule has 41 heavy (non-hydrogen) atoms. The van der Waals surface area contributed by atoms with Gasteiger partial charge in [-0.05, 0) is 81.8 Å². The first-order valence-corrected chi connectivity index (χ1v) is 15.8. The second-order valence-corrected chi connectivity index (χ2v) is 13.0. The first kappa shape index (κ1) is 30.3. The number of nitrogens with one attached hydrogen (secondary N) is 1. The highest BCUT2D eigenvalue weighted by Gasteiger charge is 2.33. The molecule has 1 N–H and O–H groups in total. The van der Waals surface area contributed by atoms with Crippen molar-refractivity contribution in [3.05, 3.63) is 95.1 Å². The van der Waals surface area contributed by atoms with Crippen molar-refractivity contribution in [1.29, 1.82) is 0 Å². The van der Waals surface area contributed by atoms with Gasteiger partial charge in [0.05, 0.1) is 10.6 Å². The number of amides is 2. The molecule has 4 rings (SSSR count). The third-order valence-electron chi connectivity index (χ3n) is 7.87. The molecule has 0 bridgehead atoms. The maximum absolute atomic E-state index is 14.1. The molecule has 1 aliphatic carbocycles. The van der Waals surface area contributed by atoms with E-state index in [1.165, 1.54) is 9.21 Å². The van der Waals surface area contributed by atoms with E-state index in [9.17, 15) is 18.0 Å². The van der Waals surface area contributed by atoms with Gasteiger partial charge in [0.25, 0.3) is 10.0 Å². The first-order chi connectivity index (χ1) is 19.6. The SMILES string of the molecule is Cc1ccc(S(=O)(=O)N(CC(=O)N(CCc2ccccc2)C(C)C(=O)NC2CCCC2)c2cc(C)ccc2C)cc1. The highest BCUT2D eigenvalue weighted by atomic mass is 32.2. The van der Waals surface area contributed by atoms with Gasteiger partial charge in [-0.3, -0.25) is 13.9 Å². The predicted octanol–water partition coefficient (Wildman–Crippen LogP) is 5.33. The van der Waals surface area contributed by atoms with E-state index < -0.39 is 28.5 Å². The number of hydrogen-bond donors (Lipinski definition) is 1. The number of nitrogens with zero attached hydrogens (tertiary/aromatic N) is 2. The lowest BCUT2D eigenvalue weighted by atomic mass is 10.1. The first-order valence-electron chi connectivity index (χ1n) is 14.4. The fraction of sp³-hybridized carbons (Fsp3) is 0.394. The van der Waals surface area contributed by atoms with Crippen molar-refractivity contribution in [3.63, 3.8) is 0 Å². The van der Waals surface area contributed by atoms with Crippen molar-refractivity contribution in [2.24, 2.45) is 0 Å². The second kappa shape index (κ2) is 13.3. The summed E-state index contributed by atoms with van der Waals surface area (Å²) in [6, 6.07) is 21.3. The zero-order chi connectivity index (χ0) is 29.6. The number of sulfonamides is 1. The van der Waals surface area contributed by atoms with Gasteiger partial charge < -0.3 is 10.2 Å². The molecule has 8 heteroatoms. The second-order valence-electron chi connectivity index (χ2n) is 11.1. The quantitative estimate of drug-likeness (QED) is 0.335. The molecule has 2 amide bonds. The van der Waals surface area contributed by atoms with Crippen molar-refractivity contribution >= 4 is 27.5 Å². The van der Waals surface area contributed by atoms with Crippen LogP contribution in [0.15, 0.2) is 77.7 Å². The van der Waals surface area contributed by atoms with Gasteiger partial charge in [-0.2, -0.15) is 0 Å². The van der Waals surface area contributed by atoms with Gasteiger partial charge in [-0.15, -0.1) is 0 Å². The van der Waals surface area contributed by atoms with E-state index in [0.717, 1.165) is 47.9 Å². The molecule has 1 fully saturated rings. The van der Waals surface area contributed by atoms with Crippen LogP contribution in [0.4, 0.5) is 5.69 Å². The maximum atomic E-state index is 14.1. The summed E-state index contributed by atoms with van der Waals surface area (Å²) in [5, 5.41) is 3.11. The van der Waals surface area contributed by atoms with E-state index in [-0.39, 0.29) is 23.4 Å². The van der Waals surface area contributed by atoms with E-state index in [1.807, 2.05) is 63.2 Å². The summed E-state index contributed by atoms with van der Waals surface area (Å²) in [6.45, 7) is 7.21. The summed E-state index contributed by atoms with van der Waals surface area (Å²) >= 11 is 0. The molecule has 1 unspecified atom stereocenters. The Morgan fingerprint density at radius 2 is 1.54 bits per heavy atom. The Kier molecular flexibility index (Phi) is 9.86. The average molecular weight is 576 g/mol. The number of benzene rings is 3. The van der Waals surface area contributed by atoms with Gasteiger partial charge in [0.15, 0.2) is 0 Å². The third kappa shape index (κ3) is 7.55. The lowest BCUT2D eigenvalue weighted by molar-refractivity contribution is -0.139. The van der Waals surface area contributed by atoms with E-state index in [2.05, 4.69) is 5.32 Å². The van der Waals surface area contributed by atoms with Crippen molar-refractivity contribution < 1.29 is 18.0 Å². The van der Waals surface area contributed by atoms with Crippen molar-refractivity contribution in [3.8, 4) is 0 Å². The summed E-state index contributed by atoms with van der Waals surface area (Å²) in [5.41, 5.74) is 4.04. The third-order valence-corrected chi connectivity index (χ3v) is 9.65. The maximum Gasteiger partial charge on any atom is 0.264 e. The van der Waals surface area contributed by atoms with Crippen LogP contribution in [0.5, 0.6) is 0 Å². The van der Waals surface area contributed by atoms with Crippen LogP contribution in [0.2, 0.25) is 0 Å². The van der Waals surface area contributed by atoms with Crippen molar-refractivity contribution in [2.45, 2.75) is 76.8 Å². The lowest BCUT2D eigenvalue weighted by Crippen LogP contribution is -2.53. The largest absolute Gasteiger partial charge is 0.352 e. The highest BCUT2D eigenvalue weighted by Crippen LogP contribution is 2.28. The summed E-state index contributed by atoms with van der Waals surface area (Å²) in [5.74, 6) is -0.635. The number of anilines is 1. The van der Waals surface area contributed by atoms with Gasteiger partial charge in [0.2, 0.25) is 11.8 Å². The zero-order valence-electron chi connectivity index (χ0n) is 24.5. The van der Waals surface area contributed by atoms with Gasteiger partial charge in [-0.1, -0.05) is 73.0 Å². The fourth-order valence-corrected chi connectivity index (χ4v) is 6.77. The normalized spacial score (nSPS) is 14.4. The van der Waals surface area contributed by atoms with E-state index in [4.69, 9.17) is 0 Å². The Bertz CT molecular complexity index is 1450. The van der Waals surface area contributed by atoms with Crippen LogP contribution in [0.25, 0.3) is 0 Å². The van der Waals surface area contributed by atoms with Crippen LogP contribution >= 0.6 is 0 Å². The number of carbonyl (C=O) groups is 2. The Hall–Kier alpha value is -3.65. The molecule has 7 nitrogen and oxygen atoms in total. The van der Waals surface area contributed by atoms with E-state index in [1.54, 1.807) is 37.3 Å². The molecule has 0 saturated heterocycles. The minimum absolute atomic E-state index is 0.111. The fourth-order valence-electron chi connectivity index (χ4n) is 5.30. The van der Waals surface area contributed by atoms with Gasteiger partial charge in [0, 0.05) is 12.6 Å². The molecule has 0 radical (unpaired) electrons. The lowest BCUT2D eigenvalue weighted by Gasteiger charge is -2.33. The van der Waals surface area contributed by atoms with Crippen LogP contribution in [0.3, 0.4) is 0 Å². The summed E-state index contributed by atoms with van der Waals surface area (Å²) in [7, 11) is -4.09. The van der Waals surface area contributed by atoms with Crippen molar-refractivity contribution in [2.75, 3.05) is 17.4 Å². The Balaban J connectivity index is 1.67. The molecule has 0 spiro atoms. The van der Waals surface area contributed by atoms with Crippen LogP contribution in [-0.4, -0.2) is 50.3 Å². The number of carbonyl (C=O) groups excluding carboxylic acids is 2. The molecule has 1 aliphatic rings. The van der Waals surface area contributed by atoms with Gasteiger partial charge in [0.1, 0.15) is 12.6 Å². The van der Waals surface area contributed by atoms with E-state index in [0.29, 0.717) is 12.1 Å². The molecular weight excluding hydrogens is 534 g/mol. The van der Waals surface area contributed by atoms with E-state index >= 15 is 0 Å². The number of hydrogen-bond acceptors (Lipinski definition) is 4. The molecule has 0 aromatic heterocycles. The minimum atomic E-state index is -4.09. The zero-order valence-corrected chi connectivity index (χ0v) is 25.3. The molecule has 0 heterocycles. The summed E-state index contributed by atoms with van der Waals surface area (Å²) < 4.78 is 29.3. The average Bonchev–Trinajstić information content (AvgIpc) is 3.47. The van der Waals surface area contributed by atoms with Gasteiger partial charge in [-0.25, -0.2) is 8.42 Å². The summed E-state index contributed by atoms with van der Waals surface area (Å²) in [6.07, 6.45) is 4.58. The monoisotopic (exact) mass is 575 g/mol. The summed E-state index contributed by atoms with van der Waals surface area (Å²) in [4.78, 5) is 29.1. The van der Waals surface area contributed by atoms with Crippen LogP contribution in [0, 0.1) is 20.8 Å².